The van der Waals surface area contributed by atoms with Gasteiger partial charge >= 0.3 is 0 Å². The summed E-state index contributed by atoms with van der Waals surface area (Å²) in [7, 11) is 0. The third-order valence-corrected chi connectivity index (χ3v) is 4.20. The van der Waals surface area contributed by atoms with Crippen molar-refractivity contribution in [3.63, 3.8) is 0 Å². The van der Waals surface area contributed by atoms with Crippen LogP contribution in [0.2, 0.25) is 0 Å². The molecule has 2 fully saturated rings. The first-order valence-corrected chi connectivity index (χ1v) is 7.52. The highest BCUT2D eigenvalue weighted by Gasteiger charge is 2.20. The highest BCUT2D eigenvalue weighted by molar-refractivity contribution is 5.94. The van der Waals surface area contributed by atoms with E-state index in [9.17, 15) is 4.79 Å². The van der Waals surface area contributed by atoms with Gasteiger partial charge in [-0.25, -0.2) is 0 Å². The molecule has 2 heterocycles. The Morgan fingerprint density at radius 2 is 2.10 bits per heavy atom. The van der Waals surface area contributed by atoms with E-state index in [0.717, 1.165) is 18.7 Å². The van der Waals surface area contributed by atoms with Gasteiger partial charge in [0.2, 0.25) is 0 Å². The molecule has 1 amide bonds. The van der Waals surface area contributed by atoms with Gasteiger partial charge in [-0.3, -0.25) is 4.79 Å². The minimum absolute atomic E-state index is 0. The lowest BCUT2D eigenvalue weighted by Gasteiger charge is -2.27. The zero-order valence-corrected chi connectivity index (χ0v) is 13.0. The number of hydrogen-bond acceptors (Lipinski definition) is 3. The van der Waals surface area contributed by atoms with Gasteiger partial charge in [0.25, 0.3) is 5.91 Å². The number of amides is 1. The van der Waals surface area contributed by atoms with E-state index in [4.69, 9.17) is 4.74 Å². The second-order valence-corrected chi connectivity index (χ2v) is 5.57. The molecule has 0 radical (unpaired) electrons. The molecule has 5 heteroatoms. The number of benzene rings is 1. The van der Waals surface area contributed by atoms with Crippen LogP contribution in [-0.2, 0) is 4.74 Å². The molecule has 3 rings (SSSR count). The summed E-state index contributed by atoms with van der Waals surface area (Å²) in [5.74, 6) is 0.681. The van der Waals surface area contributed by atoms with Crippen LogP contribution in [0, 0.1) is 0 Å². The molecule has 1 N–H and O–H groups in total. The third kappa shape index (κ3) is 3.96. The first-order chi connectivity index (χ1) is 9.84. The fourth-order valence-corrected chi connectivity index (χ4v) is 3.01. The molecule has 1 atom stereocenters. The zero-order chi connectivity index (χ0) is 13.8. The summed E-state index contributed by atoms with van der Waals surface area (Å²) in [6.07, 6.45) is 2.43. The van der Waals surface area contributed by atoms with Crippen molar-refractivity contribution in [3.05, 3.63) is 35.4 Å². The van der Waals surface area contributed by atoms with Crippen LogP contribution in [-0.4, -0.2) is 50.2 Å². The molecule has 116 valence electrons. The van der Waals surface area contributed by atoms with Crippen LogP contribution in [0.15, 0.2) is 24.3 Å². The van der Waals surface area contributed by atoms with Gasteiger partial charge in [-0.2, -0.15) is 0 Å². The third-order valence-electron chi connectivity index (χ3n) is 4.20. The van der Waals surface area contributed by atoms with Crippen LogP contribution in [0.4, 0.5) is 0 Å². The smallest absolute Gasteiger partial charge is 0.254 e. The van der Waals surface area contributed by atoms with Crippen molar-refractivity contribution in [1.29, 1.82) is 0 Å². The summed E-state index contributed by atoms with van der Waals surface area (Å²) in [5.41, 5.74) is 2.10. The fraction of sp³-hybridized carbons (Fsp3) is 0.562. The van der Waals surface area contributed by atoms with Crippen molar-refractivity contribution in [3.8, 4) is 0 Å². The van der Waals surface area contributed by atoms with Crippen molar-refractivity contribution in [1.82, 2.24) is 10.2 Å². The molecule has 2 aliphatic rings. The van der Waals surface area contributed by atoms with Crippen LogP contribution in [0.25, 0.3) is 0 Å². The maximum atomic E-state index is 12.5. The normalized spacial score (nSPS) is 22.5. The Kier molecular flexibility index (Phi) is 6.03. The number of hydrogen-bond donors (Lipinski definition) is 1. The molecular formula is C16H23ClN2O2. The Morgan fingerprint density at radius 1 is 1.29 bits per heavy atom. The number of carbonyl (C=O) groups excluding carboxylic acids is 1. The highest BCUT2D eigenvalue weighted by atomic mass is 35.5. The molecule has 4 nitrogen and oxygen atoms in total. The second kappa shape index (κ2) is 7.78. The lowest BCUT2D eigenvalue weighted by molar-refractivity contribution is 0.0303. The molecule has 2 aliphatic heterocycles. The Morgan fingerprint density at radius 3 is 2.81 bits per heavy atom. The summed E-state index contributed by atoms with van der Waals surface area (Å²) < 4.78 is 5.30. The maximum absolute atomic E-state index is 12.5. The Labute approximate surface area is 132 Å². The summed E-state index contributed by atoms with van der Waals surface area (Å²) in [4.78, 5) is 14.4. The number of halogens is 1. The van der Waals surface area contributed by atoms with Crippen molar-refractivity contribution in [2.75, 3.05) is 39.4 Å². The van der Waals surface area contributed by atoms with E-state index in [1.165, 1.54) is 18.4 Å². The number of carbonyl (C=O) groups is 1. The number of nitrogens with one attached hydrogen (secondary N) is 1. The lowest BCUT2D eigenvalue weighted by Crippen LogP contribution is -2.40. The SMILES string of the molecule is Cl.O=C(c1cccc(C2CCCNC2)c1)N1CCOCC1. The van der Waals surface area contributed by atoms with E-state index in [0.29, 0.717) is 32.2 Å². The molecule has 1 aromatic carbocycles. The Bertz CT molecular complexity index is 469. The van der Waals surface area contributed by atoms with Gasteiger partial charge in [0.15, 0.2) is 0 Å². The van der Waals surface area contributed by atoms with Gasteiger partial charge in [-0.15, -0.1) is 12.4 Å². The van der Waals surface area contributed by atoms with Crippen LogP contribution < -0.4 is 5.32 Å². The molecule has 0 bridgehead atoms. The quantitative estimate of drug-likeness (QED) is 0.909. The average Bonchev–Trinajstić information content (AvgIpc) is 2.56. The van der Waals surface area contributed by atoms with Crippen LogP contribution in [0.1, 0.15) is 34.7 Å². The van der Waals surface area contributed by atoms with Crippen molar-refractivity contribution in [2.45, 2.75) is 18.8 Å². The number of morpholine rings is 1. The summed E-state index contributed by atoms with van der Waals surface area (Å²) in [6, 6.07) is 8.17. The fourth-order valence-electron chi connectivity index (χ4n) is 3.01. The summed E-state index contributed by atoms with van der Waals surface area (Å²) in [5, 5.41) is 3.43. The predicted molar refractivity (Wildman–Crippen MR) is 85.3 cm³/mol. The number of ether oxygens (including phenoxy) is 1. The average molecular weight is 311 g/mol. The van der Waals surface area contributed by atoms with Gasteiger partial charge in [0, 0.05) is 25.2 Å². The van der Waals surface area contributed by atoms with E-state index in [-0.39, 0.29) is 18.3 Å². The van der Waals surface area contributed by atoms with Gasteiger partial charge in [-0.05, 0) is 43.0 Å². The van der Waals surface area contributed by atoms with Gasteiger partial charge in [0.1, 0.15) is 0 Å². The van der Waals surface area contributed by atoms with Crippen molar-refractivity contribution < 1.29 is 9.53 Å². The molecular weight excluding hydrogens is 288 g/mol. The largest absolute Gasteiger partial charge is 0.378 e. The molecule has 2 saturated heterocycles. The van der Waals surface area contributed by atoms with E-state index >= 15 is 0 Å². The van der Waals surface area contributed by atoms with E-state index in [1.54, 1.807) is 0 Å². The number of nitrogens with zero attached hydrogens (tertiary/aromatic N) is 1. The van der Waals surface area contributed by atoms with E-state index in [2.05, 4.69) is 17.4 Å². The molecule has 0 aromatic heterocycles. The first kappa shape index (κ1) is 16.3. The lowest BCUT2D eigenvalue weighted by atomic mass is 9.90. The molecule has 1 aromatic rings. The van der Waals surface area contributed by atoms with Crippen molar-refractivity contribution in [2.24, 2.45) is 0 Å². The summed E-state index contributed by atoms with van der Waals surface area (Å²) in [6.45, 7) is 4.84. The predicted octanol–water partition coefficient (Wildman–Crippen LogP) is 2.05. The summed E-state index contributed by atoms with van der Waals surface area (Å²) >= 11 is 0. The maximum Gasteiger partial charge on any atom is 0.254 e. The first-order valence-electron chi connectivity index (χ1n) is 7.52. The Balaban J connectivity index is 0.00000161. The monoisotopic (exact) mass is 310 g/mol. The van der Waals surface area contributed by atoms with E-state index in [1.807, 2.05) is 17.0 Å². The molecule has 0 aliphatic carbocycles. The van der Waals surface area contributed by atoms with Crippen molar-refractivity contribution >= 4 is 18.3 Å². The molecule has 1 unspecified atom stereocenters. The van der Waals surface area contributed by atoms with Gasteiger partial charge < -0.3 is 15.0 Å². The van der Waals surface area contributed by atoms with Gasteiger partial charge in [0.05, 0.1) is 13.2 Å². The van der Waals surface area contributed by atoms with Crippen LogP contribution >= 0.6 is 12.4 Å². The van der Waals surface area contributed by atoms with Gasteiger partial charge in [-0.1, -0.05) is 12.1 Å². The number of piperidine rings is 1. The second-order valence-electron chi connectivity index (χ2n) is 5.57. The Hall–Kier alpha value is -1.10. The van der Waals surface area contributed by atoms with Crippen LogP contribution in [0.3, 0.4) is 0 Å². The van der Waals surface area contributed by atoms with E-state index < -0.39 is 0 Å². The standard InChI is InChI=1S/C16H22N2O2.ClH/c19-16(18-7-9-20-10-8-18)14-4-1-3-13(11-14)15-5-2-6-17-12-15;/h1,3-4,11,15,17H,2,5-10,12H2;1H. The minimum Gasteiger partial charge on any atom is -0.378 e. The highest BCUT2D eigenvalue weighted by Crippen LogP contribution is 2.24. The topological polar surface area (TPSA) is 41.6 Å². The zero-order valence-electron chi connectivity index (χ0n) is 12.2. The molecule has 21 heavy (non-hydrogen) atoms. The van der Waals surface area contributed by atoms with Crippen LogP contribution in [0.5, 0.6) is 0 Å². The molecule has 0 spiro atoms. The number of rotatable bonds is 2. The minimum atomic E-state index is 0. The molecule has 0 saturated carbocycles.